The number of aldehydes is 1. The smallest absolute Gasteiger partial charge is 0.140 e. The number of hydrogen-bond acceptors (Lipinski definition) is 3. The van der Waals surface area contributed by atoms with Gasteiger partial charge in [0.25, 0.3) is 0 Å². The van der Waals surface area contributed by atoms with Crippen LogP contribution >= 0.6 is 0 Å². The van der Waals surface area contributed by atoms with Crippen molar-refractivity contribution in [2.45, 2.75) is 25.7 Å². The van der Waals surface area contributed by atoms with Crippen LogP contribution in [0.3, 0.4) is 0 Å². The van der Waals surface area contributed by atoms with Gasteiger partial charge in [-0.2, -0.15) is 10.5 Å². The number of hydrogen-bond donors (Lipinski definition) is 0. The zero-order valence-corrected chi connectivity index (χ0v) is 6.79. The summed E-state index contributed by atoms with van der Waals surface area (Å²) >= 11 is 0. The normalized spacial score (nSPS) is 34.7. The largest absolute Gasteiger partial charge is 0.302 e. The average molecular weight is 162 g/mol. The van der Waals surface area contributed by atoms with Crippen LogP contribution in [0, 0.1) is 34.0 Å². The van der Waals surface area contributed by atoms with Crippen LogP contribution in [0.4, 0.5) is 0 Å². The van der Waals surface area contributed by atoms with Crippen molar-refractivity contribution in [2.24, 2.45) is 11.3 Å². The predicted octanol–water partition coefficient (Wildman–Crippen LogP) is 1.41. The number of nitrogens with zero attached hydrogens (tertiary/aromatic N) is 2. The second kappa shape index (κ2) is 3.36. The van der Waals surface area contributed by atoms with Gasteiger partial charge in [0, 0.05) is 5.92 Å². The molecule has 0 aromatic carbocycles. The van der Waals surface area contributed by atoms with Crippen molar-refractivity contribution in [2.75, 3.05) is 0 Å². The fraction of sp³-hybridized carbons (Fsp3) is 0.667. The number of carbonyl (C=O) groups is 1. The molecule has 12 heavy (non-hydrogen) atoms. The molecule has 1 fully saturated rings. The average Bonchev–Trinajstić information content (AvgIpc) is 2.18. The predicted molar refractivity (Wildman–Crippen MR) is 41.7 cm³/mol. The van der Waals surface area contributed by atoms with Gasteiger partial charge in [0.05, 0.1) is 12.1 Å². The van der Waals surface area contributed by atoms with Gasteiger partial charge in [-0.05, 0) is 19.3 Å². The Bertz CT molecular complexity index is 261. The van der Waals surface area contributed by atoms with Crippen LogP contribution in [0.25, 0.3) is 0 Å². The van der Waals surface area contributed by atoms with Crippen LogP contribution in [0.2, 0.25) is 0 Å². The molecule has 0 spiro atoms. The highest BCUT2D eigenvalue weighted by Crippen LogP contribution is 2.36. The Hall–Kier alpha value is -1.35. The fourth-order valence-electron chi connectivity index (χ4n) is 1.65. The highest BCUT2D eigenvalue weighted by Gasteiger charge is 2.36. The molecule has 0 saturated heterocycles. The second-order valence-corrected chi connectivity index (χ2v) is 3.31. The molecule has 0 radical (unpaired) electrons. The second-order valence-electron chi connectivity index (χ2n) is 3.31. The third-order valence-corrected chi connectivity index (χ3v) is 2.42. The lowest BCUT2D eigenvalue weighted by Gasteiger charge is -2.27. The summed E-state index contributed by atoms with van der Waals surface area (Å²) < 4.78 is 0. The molecular formula is C9H10N2O. The summed E-state index contributed by atoms with van der Waals surface area (Å²) in [7, 11) is 0. The van der Waals surface area contributed by atoms with Gasteiger partial charge in [0.2, 0.25) is 0 Å². The molecule has 2 atom stereocenters. The maximum absolute atomic E-state index is 10.6. The van der Waals surface area contributed by atoms with E-state index in [9.17, 15) is 4.79 Å². The van der Waals surface area contributed by atoms with Crippen LogP contribution in [0.5, 0.6) is 0 Å². The van der Waals surface area contributed by atoms with E-state index in [4.69, 9.17) is 10.5 Å². The summed E-state index contributed by atoms with van der Waals surface area (Å²) in [4.78, 5) is 10.6. The molecule has 0 aliphatic heterocycles. The highest BCUT2D eigenvalue weighted by atomic mass is 16.1. The maximum Gasteiger partial charge on any atom is 0.140 e. The SMILES string of the molecule is N#CC1CCCC(C#N)(C=O)C1. The first-order chi connectivity index (χ1) is 5.76. The van der Waals surface area contributed by atoms with Crippen LogP contribution < -0.4 is 0 Å². The summed E-state index contributed by atoms with van der Waals surface area (Å²) in [5.74, 6) is -0.108. The minimum atomic E-state index is -0.862. The molecule has 1 aliphatic carbocycles. The van der Waals surface area contributed by atoms with Crippen molar-refractivity contribution in [3.05, 3.63) is 0 Å². The molecule has 0 bridgehead atoms. The van der Waals surface area contributed by atoms with E-state index in [2.05, 4.69) is 6.07 Å². The number of carbonyl (C=O) groups excluding carboxylic acids is 1. The molecular weight excluding hydrogens is 152 g/mol. The fourth-order valence-corrected chi connectivity index (χ4v) is 1.65. The van der Waals surface area contributed by atoms with Crippen molar-refractivity contribution in [1.82, 2.24) is 0 Å². The van der Waals surface area contributed by atoms with E-state index in [1.165, 1.54) is 0 Å². The third kappa shape index (κ3) is 1.46. The molecule has 3 heteroatoms. The molecule has 0 heterocycles. The van der Waals surface area contributed by atoms with Crippen molar-refractivity contribution in [1.29, 1.82) is 10.5 Å². The number of rotatable bonds is 1. The highest BCUT2D eigenvalue weighted by molar-refractivity contribution is 5.64. The van der Waals surface area contributed by atoms with Crippen molar-refractivity contribution in [3.63, 3.8) is 0 Å². The van der Waals surface area contributed by atoms with E-state index in [1.54, 1.807) is 0 Å². The van der Waals surface area contributed by atoms with Crippen molar-refractivity contribution < 1.29 is 4.79 Å². The Balaban J connectivity index is 2.75. The third-order valence-electron chi connectivity index (χ3n) is 2.42. The minimum Gasteiger partial charge on any atom is -0.302 e. The zero-order chi connectivity index (χ0) is 9.03. The first-order valence-corrected chi connectivity index (χ1v) is 4.03. The number of nitriles is 2. The molecule has 1 aliphatic rings. The van der Waals surface area contributed by atoms with Crippen molar-refractivity contribution >= 4 is 6.29 Å². The van der Waals surface area contributed by atoms with Gasteiger partial charge in [-0.3, -0.25) is 0 Å². The van der Waals surface area contributed by atoms with E-state index >= 15 is 0 Å². The summed E-state index contributed by atoms with van der Waals surface area (Å²) in [6, 6.07) is 4.13. The van der Waals surface area contributed by atoms with Gasteiger partial charge >= 0.3 is 0 Å². The Morgan fingerprint density at radius 2 is 2.25 bits per heavy atom. The quantitative estimate of drug-likeness (QED) is 0.547. The Labute approximate surface area is 71.6 Å². The lowest BCUT2D eigenvalue weighted by Crippen LogP contribution is -2.28. The van der Waals surface area contributed by atoms with Crippen LogP contribution in [0.15, 0.2) is 0 Å². The van der Waals surface area contributed by atoms with E-state index in [1.807, 2.05) is 6.07 Å². The van der Waals surface area contributed by atoms with E-state index in [0.29, 0.717) is 19.1 Å². The summed E-state index contributed by atoms with van der Waals surface area (Å²) in [6.45, 7) is 0. The van der Waals surface area contributed by atoms with Gasteiger partial charge in [0.1, 0.15) is 11.7 Å². The zero-order valence-electron chi connectivity index (χ0n) is 6.79. The van der Waals surface area contributed by atoms with E-state index in [-0.39, 0.29) is 5.92 Å². The van der Waals surface area contributed by atoms with E-state index < -0.39 is 5.41 Å². The Morgan fingerprint density at radius 3 is 2.75 bits per heavy atom. The summed E-state index contributed by atoms with van der Waals surface area (Å²) in [6.07, 6.45) is 3.38. The molecule has 0 aromatic rings. The monoisotopic (exact) mass is 162 g/mol. The van der Waals surface area contributed by atoms with Crippen molar-refractivity contribution in [3.8, 4) is 12.1 Å². The van der Waals surface area contributed by atoms with Gasteiger partial charge in [-0.1, -0.05) is 6.42 Å². The summed E-state index contributed by atoms with van der Waals surface area (Å²) in [5, 5.41) is 17.4. The molecule has 0 N–H and O–H groups in total. The first-order valence-electron chi connectivity index (χ1n) is 4.03. The molecule has 1 rings (SSSR count). The van der Waals surface area contributed by atoms with Gasteiger partial charge < -0.3 is 4.79 Å². The maximum atomic E-state index is 10.6. The Morgan fingerprint density at radius 1 is 1.50 bits per heavy atom. The van der Waals surface area contributed by atoms with Crippen LogP contribution in [-0.4, -0.2) is 6.29 Å². The lowest BCUT2D eigenvalue weighted by molar-refractivity contribution is -0.115. The van der Waals surface area contributed by atoms with Crippen LogP contribution in [-0.2, 0) is 4.79 Å². The first kappa shape index (κ1) is 8.74. The van der Waals surface area contributed by atoms with Crippen LogP contribution in [0.1, 0.15) is 25.7 Å². The molecule has 0 amide bonds. The molecule has 0 aromatic heterocycles. The molecule has 2 unspecified atom stereocenters. The summed E-state index contributed by atoms with van der Waals surface area (Å²) in [5.41, 5.74) is -0.862. The van der Waals surface area contributed by atoms with Gasteiger partial charge in [-0.15, -0.1) is 0 Å². The standard InChI is InChI=1S/C9H10N2O/c10-5-8-2-1-3-9(4-8,6-11)7-12/h7-8H,1-4H2. The molecule has 1 saturated carbocycles. The lowest BCUT2D eigenvalue weighted by atomic mass is 9.72. The van der Waals surface area contributed by atoms with Gasteiger partial charge in [-0.25, -0.2) is 0 Å². The molecule has 62 valence electrons. The molecule has 3 nitrogen and oxygen atoms in total. The topological polar surface area (TPSA) is 64.7 Å². The Kier molecular flexibility index (Phi) is 2.45. The van der Waals surface area contributed by atoms with E-state index in [0.717, 1.165) is 12.8 Å². The van der Waals surface area contributed by atoms with Gasteiger partial charge in [0.15, 0.2) is 0 Å². The minimum absolute atomic E-state index is 0.108.